The quantitative estimate of drug-likeness (QED) is 0.652. The number of fused-ring (bicyclic) bond motifs is 1. The van der Waals surface area contributed by atoms with Crippen LogP contribution in [0, 0.1) is 11.6 Å². The van der Waals surface area contributed by atoms with Gasteiger partial charge in [0.1, 0.15) is 29.7 Å². The van der Waals surface area contributed by atoms with Crippen molar-refractivity contribution in [3.8, 4) is 11.5 Å². The normalized spacial score (nSPS) is 10.7. The van der Waals surface area contributed by atoms with Gasteiger partial charge in [0, 0.05) is 11.6 Å². The summed E-state index contributed by atoms with van der Waals surface area (Å²) in [6, 6.07) is 14.6. The van der Waals surface area contributed by atoms with E-state index < -0.39 is 0 Å². The van der Waals surface area contributed by atoms with Crippen molar-refractivity contribution in [1.82, 2.24) is 0 Å². The molecule has 0 radical (unpaired) electrons. The molecular formula is C19H16F2O2. The smallest absolute Gasteiger partial charge is 0.133 e. The molecule has 3 rings (SSSR count). The molecule has 0 N–H and O–H groups in total. The third-order valence-electron chi connectivity index (χ3n) is 3.50. The molecular weight excluding hydrogens is 298 g/mol. The van der Waals surface area contributed by atoms with Crippen LogP contribution < -0.4 is 9.47 Å². The van der Waals surface area contributed by atoms with Crippen LogP contribution in [0.25, 0.3) is 10.8 Å². The average molecular weight is 314 g/mol. The molecule has 0 saturated heterocycles. The van der Waals surface area contributed by atoms with Crippen molar-refractivity contribution in [1.29, 1.82) is 0 Å². The van der Waals surface area contributed by atoms with E-state index in [0.29, 0.717) is 23.7 Å². The van der Waals surface area contributed by atoms with Crippen LogP contribution in [0.3, 0.4) is 0 Å². The van der Waals surface area contributed by atoms with Gasteiger partial charge in [-0.2, -0.15) is 0 Å². The van der Waals surface area contributed by atoms with Crippen LogP contribution >= 0.6 is 0 Å². The molecule has 0 aromatic heterocycles. The van der Waals surface area contributed by atoms with Crippen LogP contribution in [0.2, 0.25) is 0 Å². The summed E-state index contributed by atoms with van der Waals surface area (Å²) in [5.41, 5.74) is 0.452. The van der Waals surface area contributed by atoms with Crippen molar-refractivity contribution < 1.29 is 18.3 Å². The Hall–Kier alpha value is -2.62. The lowest BCUT2D eigenvalue weighted by molar-refractivity contribution is 0.298. The number of benzene rings is 3. The van der Waals surface area contributed by atoms with Gasteiger partial charge in [0.2, 0.25) is 0 Å². The number of hydrogen-bond donors (Lipinski definition) is 0. The second-order valence-electron chi connectivity index (χ2n) is 5.13. The predicted octanol–water partition coefficient (Wildman–Crippen LogP) is 5.10. The Morgan fingerprint density at radius 2 is 1.48 bits per heavy atom. The number of halogens is 2. The molecule has 0 amide bonds. The van der Waals surface area contributed by atoms with Crippen LogP contribution in [-0.4, -0.2) is 6.61 Å². The molecule has 0 aliphatic rings. The fourth-order valence-electron chi connectivity index (χ4n) is 2.35. The SMILES string of the molecule is CCOc1ccc(COc2ccc3cc(F)ccc3c2)c(F)c1. The molecule has 118 valence electrons. The zero-order chi connectivity index (χ0) is 16.2. The van der Waals surface area contributed by atoms with Crippen molar-refractivity contribution in [2.75, 3.05) is 6.61 Å². The molecule has 4 heteroatoms. The highest BCUT2D eigenvalue weighted by Gasteiger charge is 2.06. The lowest BCUT2D eigenvalue weighted by atomic mass is 10.1. The van der Waals surface area contributed by atoms with Crippen molar-refractivity contribution >= 4 is 10.8 Å². The largest absolute Gasteiger partial charge is 0.494 e. The molecule has 0 fully saturated rings. The van der Waals surface area contributed by atoms with Gasteiger partial charge in [-0.15, -0.1) is 0 Å². The highest BCUT2D eigenvalue weighted by molar-refractivity contribution is 5.83. The van der Waals surface area contributed by atoms with Gasteiger partial charge in [-0.05, 0) is 54.1 Å². The maximum absolute atomic E-state index is 14.0. The summed E-state index contributed by atoms with van der Waals surface area (Å²) in [4.78, 5) is 0. The fraction of sp³-hybridized carbons (Fsp3) is 0.158. The molecule has 0 heterocycles. The maximum atomic E-state index is 14.0. The maximum Gasteiger partial charge on any atom is 0.133 e. The number of ether oxygens (including phenoxy) is 2. The van der Waals surface area contributed by atoms with Crippen molar-refractivity contribution in [2.24, 2.45) is 0 Å². The van der Waals surface area contributed by atoms with Gasteiger partial charge in [-0.25, -0.2) is 8.78 Å². The summed E-state index contributed by atoms with van der Waals surface area (Å²) in [5.74, 6) is 0.473. The van der Waals surface area contributed by atoms with Gasteiger partial charge in [0.05, 0.1) is 6.61 Å². The van der Waals surface area contributed by atoms with Gasteiger partial charge in [0.25, 0.3) is 0 Å². The van der Waals surface area contributed by atoms with E-state index in [9.17, 15) is 8.78 Å². The van der Waals surface area contributed by atoms with E-state index in [4.69, 9.17) is 9.47 Å². The summed E-state index contributed by atoms with van der Waals surface area (Å²) >= 11 is 0. The van der Waals surface area contributed by atoms with Crippen molar-refractivity contribution in [2.45, 2.75) is 13.5 Å². The average Bonchev–Trinajstić information content (AvgIpc) is 2.54. The van der Waals surface area contributed by atoms with Crippen LogP contribution in [0.4, 0.5) is 8.78 Å². The lowest BCUT2D eigenvalue weighted by Crippen LogP contribution is -2.00. The predicted molar refractivity (Wildman–Crippen MR) is 85.8 cm³/mol. The molecule has 3 aromatic rings. The first-order valence-electron chi connectivity index (χ1n) is 7.39. The first kappa shape index (κ1) is 15.3. The molecule has 2 nitrogen and oxygen atoms in total. The molecule has 0 unspecified atom stereocenters. The second kappa shape index (κ2) is 6.65. The van der Waals surface area contributed by atoms with Crippen molar-refractivity contribution in [3.63, 3.8) is 0 Å². The zero-order valence-electron chi connectivity index (χ0n) is 12.7. The summed E-state index contributed by atoms with van der Waals surface area (Å²) < 4.78 is 38.0. The monoisotopic (exact) mass is 314 g/mol. The topological polar surface area (TPSA) is 18.5 Å². The summed E-state index contributed by atoms with van der Waals surface area (Å²) in [6.07, 6.45) is 0. The number of rotatable bonds is 5. The van der Waals surface area contributed by atoms with E-state index in [1.807, 2.05) is 6.92 Å². The Balaban J connectivity index is 1.74. The molecule has 23 heavy (non-hydrogen) atoms. The van der Waals surface area contributed by atoms with E-state index in [-0.39, 0.29) is 18.2 Å². The van der Waals surface area contributed by atoms with Gasteiger partial charge in [0.15, 0.2) is 0 Å². The second-order valence-corrected chi connectivity index (χ2v) is 5.13. The summed E-state index contributed by atoms with van der Waals surface area (Å²) in [5, 5.41) is 1.67. The molecule has 3 aromatic carbocycles. The van der Waals surface area contributed by atoms with Crippen LogP contribution in [0.5, 0.6) is 11.5 Å². The highest BCUT2D eigenvalue weighted by atomic mass is 19.1. The fourth-order valence-corrected chi connectivity index (χ4v) is 2.35. The molecule has 0 saturated carbocycles. The number of hydrogen-bond acceptors (Lipinski definition) is 2. The first-order chi connectivity index (χ1) is 11.2. The van der Waals surface area contributed by atoms with Gasteiger partial charge >= 0.3 is 0 Å². The Labute approximate surface area is 133 Å². The van der Waals surface area contributed by atoms with Gasteiger partial charge in [-0.1, -0.05) is 12.1 Å². The molecule has 0 bridgehead atoms. The Morgan fingerprint density at radius 3 is 2.26 bits per heavy atom. The van der Waals surface area contributed by atoms with Crippen LogP contribution in [-0.2, 0) is 6.61 Å². The van der Waals surface area contributed by atoms with E-state index in [2.05, 4.69) is 0 Å². The summed E-state index contributed by atoms with van der Waals surface area (Å²) in [6.45, 7) is 2.46. The van der Waals surface area contributed by atoms with E-state index in [0.717, 1.165) is 10.8 Å². The minimum absolute atomic E-state index is 0.116. The Morgan fingerprint density at radius 1 is 0.783 bits per heavy atom. The van der Waals surface area contributed by atoms with Gasteiger partial charge < -0.3 is 9.47 Å². The first-order valence-corrected chi connectivity index (χ1v) is 7.39. The van der Waals surface area contributed by atoms with Crippen molar-refractivity contribution in [3.05, 3.63) is 71.8 Å². The van der Waals surface area contributed by atoms with E-state index in [1.54, 1.807) is 36.4 Å². The third kappa shape index (κ3) is 3.59. The standard InChI is InChI=1S/C19H16F2O2/c1-2-22-18-8-5-15(19(21)11-18)12-23-17-7-4-13-9-16(20)6-3-14(13)10-17/h3-11H,2,12H2,1H3. The Bertz CT molecular complexity index is 831. The third-order valence-corrected chi connectivity index (χ3v) is 3.50. The summed E-state index contributed by atoms with van der Waals surface area (Å²) in [7, 11) is 0. The molecule has 0 aliphatic carbocycles. The Kier molecular flexibility index (Phi) is 4.42. The highest BCUT2D eigenvalue weighted by Crippen LogP contribution is 2.23. The lowest BCUT2D eigenvalue weighted by Gasteiger charge is -2.10. The zero-order valence-corrected chi connectivity index (χ0v) is 12.7. The van der Waals surface area contributed by atoms with Gasteiger partial charge in [-0.3, -0.25) is 0 Å². The van der Waals surface area contributed by atoms with E-state index >= 15 is 0 Å². The minimum atomic E-state index is -0.362. The van der Waals surface area contributed by atoms with E-state index in [1.165, 1.54) is 18.2 Å². The molecule has 0 atom stereocenters. The molecule has 0 aliphatic heterocycles. The van der Waals surface area contributed by atoms with Crippen LogP contribution in [0.1, 0.15) is 12.5 Å². The molecule has 0 spiro atoms. The minimum Gasteiger partial charge on any atom is -0.494 e. The van der Waals surface area contributed by atoms with Crippen LogP contribution in [0.15, 0.2) is 54.6 Å².